The second-order valence-electron chi connectivity index (χ2n) is 9.62. The predicted octanol–water partition coefficient (Wildman–Crippen LogP) is 5.08. The van der Waals surface area contributed by atoms with Crippen molar-refractivity contribution in [3.63, 3.8) is 0 Å². The SMILES string of the molecule is CCCn1c(N2CCCC(C)C2)c(C=C2SC(=S)N(Cc3ccc(OC)cc3)C2=O)c(C)c(C#N)c1=O. The minimum atomic E-state index is -0.265. The molecule has 7 nitrogen and oxygen atoms in total. The Hall–Kier alpha value is -3.09. The third-order valence-corrected chi connectivity index (χ3v) is 8.28. The monoisotopic (exact) mass is 536 g/mol. The first-order valence-corrected chi connectivity index (χ1v) is 13.8. The Morgan fingerprint density at radius 2 is 2.00 bits per heavy atom. The summed E-state index contributed by atoms with van der Waals surface area (Å²) in [4.78, 5) is 31.2. The maximum absolute atomic E-state index is 13.5. The van der Waals surface area contributed by atoms with Crippen LogP contribution in [0, 0.1) is 24.2 Å². The van der Waals surface area contributed by atoms with E-state index < -0.39 is 0 Å². The molecule has 0 aliphatic carbocycles. The van der Waals surface area contributed by atoms with Gasteiger partial charge in [-0.25, -0.2) is 0 Å². The van der Waals surface area contributed by atoms with Gasteiger partial charge in [0.15, 0.2) is 0 Å². The summed E-state index contributed by atoms with van der Waals surface area (Å²) in [6, 6.07) is 9.67. The zero-order valence-corrected chi connectivity index (χ0v) is 23.4. The van der Waals surface area contributed by atoms with Crippen molar-refractivity contribution in [2.75, 3.05) is 25.1 Å². The Morgan fingerprint density at radius 3 is 2.62 bits per heavy atom. The number of amides is 1. The van der Waals surface area contributed by atoms with Gasteiger partial charge in [-0.3, -0.25) is 19.1 Å². The zero-order chi connectivity index (χ0) is 26.7. The van der Waals surface area contributed by atoms with E-state index >= 15 is 0 Å². The number of thiocarbonyl (C=S) groups is 1. The lowest BCUT2D eigenvalue weighted by molar-refractivity contribution is -0.122. The quantitative estimate of drug-likeness (QED) is 0.360. The largest absolute Gasteiger partial charge is 0.497 e. The van der Waals surface area contributed by atoms with Gasteiger partial charge in [0.2, 0.25) is 0 Å². The highest BCUT2D eigenvalue weighted by molar-refractivity contribution is 8.26. The number of benzene rings is 1. The van der Waals surface area contributed by atoms with Crippen LogP contribution in [-0.2, 0) is 17.9 Å². The minimum absolute atomic E-state index is 0.127. The van der Waals surface area contributed by atoms with E-state index in [1.54, 1.807) is 23.5 Å². The van der Waals surface area contributed by atoms with Crippen molar-refractivity contribution in [3.05, 3.63) is 61.8 Å². The molecule has 194 valence electrons. The molecule has 2 saturated heterocycles. The van der Waals surface area contributed by atoms with Crippen molar-refractivity contribution < 1.29 is 9.53 Å². The zero-order valence-electron chi connectivity index (χ0n) is 21.7. The van der Waals surface area contributed by atoms with Crippen LogP contribution in [0.4, 0.5) is 5.82 Å². The number of hydrogen-bond donors (Lipinski definition) is 0. The third kappa shape index (κ3) is 5.46. The number of ether oxygens (including phenoxy) is 1. The van der Waals surface area contributed by atoms with Crippen molar-refractivity contribution in [2.45, 2.75) is 53.1 Å². The van der Waals surface area contributed by atoms with E-state index in [1.165, 1.54) is 11.8 Å². The minimum Gasteiger partial charge on any atom is -0.497 e. The molecular formula is C28H32N4O3S2. The molecule has 1 aromatic heterocycles. The van der Waals surface area contributed by atoms with Gasteiger partial charge in [0.1, 0.15) is 27.5 Å². The van der Waals surface area contributed by atoms with Crippen LogP contribution < -0.4 is 15.2 Å². The second-order valence-corrected chi connectivity index (χ2v) is 11.3. The average molecular weight is 537 g/mol. The van der Waals surface area contributed by atoms with Crippen LogP contribution in [0.15, 0.2) is 34.0 Å². The van der Waals surface area contributed by atoms with E-state index in [0.29, 0.717) is 33.8 Å². The van der Waals surface area contributed by atoms with Gasteiger partial charge < -0.3 is 9.64 Å². The van der Waals surface area contributed by atoms with Crippen LogP contribution in [0.2, 0.25) is 0 Å². The van der Waals surface area contributed by atoms with Crippen LogP contribution in [-0.4, -0.2) is 39.9 Å². The van der Waals surface area contributed by atoms with Crippen molar-refractivity contribution in [3.8, 4) is 11.8 Å². The van der Waals surface area contributed by atoms with Crippen LogP contribution >= 0.6 is 24.0 Å². The Labute approximate surface area is 227 Å². The van der Waals surface area contributed by atoms with Crippen LogP contribution in [0.5, 0.6) is 5.75 Å². The Bertz CT molecular complexity index is 1340. The van der Waals surface area contributed by atoms with E-state index in [2.05, 4.69) is 17.9 Å². The normalized spacial score (nSPS) is 19.0. The van der Waals surface area contributed by atoms with Gasteiger partial charge in [0.05, 0.1) is 18.6 Å². The number of hydrogen-bond acceptors (Lipinski definition) is 7. The van der Waals surface area contributed by atoms with Crippen LogP contribution in [0.1, 0.15) is 55.4 Å². The van der Waals surface area contributed by atoms with Crippen molar-refractivity contribution >= 4 is 46.1 Å². The molecule has 1 atom stereocenters. The van der Waals surface area contributed by atoms with Gasteiger partial charge in [-0.1, -0.05) is 50.0 Å². The van der Waals surface area contributed by atoms with Crippen molar-refractivity contribution in [1.82, 2.24) is 9.47 Å². The molecular weight excluding hydrogens is 504 g/mol. The lowest BCUT2D eigenvalue weighted by Crippen LogP contribution is -2.40. The number of methoxy groups -OCH3 is 1. The summed E-state index contributed by atoms with van der Waals surface area (Å²) in [5.74, 6) is 1.87. The second kappa shape index (κ2) is 11.5. The third-order valence-electron chi connectivity index (χ3n) is 6.90. The van der Waals surface area contributed by atoms with Crippen molar-refractivity contribution in [1.29, 1.82) is 5.26 Å². The number of piperidine rings is 1. The van der Waals surface area contributed by atoms with E-state index in [1.807, 2.05) is 37.3 Å². The summed E-state index contributed by atoms with van der Waals surface area (Å²) in [6.45, 7) is 8.57. The molecule has 0 radical (unpaired) electrons. The van der Waals surface area contributed by atoms with Gasteiger partial charge in [0, 0.05) is 25.2 Å². The fourth-order valence-corrected chi connectivity index (χ4v) is 6.22. The number of carbonyl (C=O) groups is 1. The summed E-state index contributed by atoms with van der Waals surface area (Å²) >= 11 is 6.85. The fourth-order valence-electron chi connectivity index (χ4n) is 4.98. The molecule has 4 rings (SSSR count). The molecule has 1 unspecified atom stereocenters. The standard InChI is InChI=1S/C28H32N4O3S2/c1-5-12-31-25(30-13-6-7-18(2)16-30)22(19(3)23(15-29)26(31)33)14-24-27(34)32(28(36)37-24)17-20-8-10-21(35-4)11-9-20/h8-11,14,18H,5-7,12-13,16-17H2,1-4H3. The summed E-state index contributed by atoms with van der Waals surface area (Å²) in [5.41, 5.74) is 2.17. The molecule has 0 saturated carbocycles. The van der Waals surface area contributed by atoms with E-state index in [-0.39, 0.29) is 17.0 Å². The first-order chi connectivity index (χ1) is 17.8. The highest BCUT2D eigenvalue weighted by atomic mass is 32.2. The Kier molecular flexibility index (Phi) is 8.40. The molecule has 1 amide bonds. The molecule has 2 aromatic rings. The number of nitriles is 1. The van der Waals surface area contributed by atoms with Gasteiger partial charge in [0.25, 0.3) is 11.5 Å². The number of anilines is 1. The molecule has 9 heteroatoms. The van der Waals surface area contributed by atoms with Crippen LogP contribution in [0.3, 0.4) is 0 Å². The molecule has 2 fully saturated rings. The maximum atomic E-state index is 13.5. The van der Waals surface area contributed by atoms with Crippen molar-refractivity contribution in [2.24, 2.45) is 5.92 Å². The fraction of sp³-hybridized carbons (Fsp3) is 0.429. The maximum Gasteiger partial charge on any atom is 0.270 e. The molecule has 0 spiro atoms. The van der Waals surface area contributed by atoms with E-state index in [4.69, 9.17) is 17.0 Å². The number of rotatable bonds is 7. The summed E-state index contributed by atoms with van der Waals surface area (Å²) in [5, 5.41) is 9.85. The summed E-state index contributed by atoms with van der Waals surface area (Å²) < 4.78 is 7.44. The molecule has 3 heterocycles. The molecule has 0 N–H and O–H groups in total. The average Bonchev–Trinajstić information content (AvgIpc) is 3.15. The number of carbonyl (C=O) groups excluding carboxylic acids is 1. The molecule has 2 aliphatic rings. The first-order valence-electron chi connectivity index (χ1n) is 12.6. The van der Waals surface area contributed by atoms with Gasteiger partial charge in [-0.15, -0.1) is 0 Å². The van der Waals surface area contributed by atoms with Gasteiger partial charge in [-0.05, 0) is 61.4 Å². The number of aromatic nitrogens is 1. The molecule has 2 aliphatic heterocycles. The van der Waals surface area contributed by atoms with E-state index in [9.17, 15) is 14.9 Å². The Morgan fingerprint density at radius 1 is 1.27 bits per heavy atom. The smallest absolute Gasteiger partial charge is 0.270 e. The highest BCUT2D eigenvalue weighted by Crippen LogP contribution is 2.37. The van der Waals surface area contributed by atoms with Gasteiger partial charge >= 0.3 is 0 Å². The lowest BCUT2D eigenvalue weighted by Gasteiger charge is -2.36. The lowest BCUT2D eigenvalue weighted by atomic mass is 9.98. The van der Waals surface area contributed by atoms with Crippen LogP contribution in [0.25, 0.3) is 6.08 Å². The predicted molar refractivity (Wildman–Crippen MR) is 153 cm³/mol. The molecule has 0 bridgehead atoms. The summed E-state index contributed by atoms with van der Waals surface area (Å²) in [6.07, 6.45) is 4.77. The highest BCUT2D eigenvalue weighted by Gasteiger charge is 2.33. The van der Waals surface area contributed by atoms with E-state index in [0.717, 1.165) is 55.0 Å². The summed E-state index contributed by atoms with van der Waals surface area (Å²) in [7, 11) is 1.62. The number of thioether (sulfide) groups is 1. The topological polar surface area (TPSA) is 78.6 Å². The number of pyridine rings is 1. The first kappa shape index (κ1) is 27.0. The van der Waals surface area contributed by atoms with Gasteiger partial charge in [-0.2, -0.15) is 5.26 Å². The molecule has 37 heavy (non-hydrogen) atoms. The Balaban J connectivity index is 1.79. The molecule has 1 aromatic carbocycles. The number of nitrogens with zero attached hydrogens (tertiary/aromatic N) is 4.